The molecule has 5 aliphatic carbocycles. The number of carboxylic acids is 1. The molecule has 4 fully saturated rings. The fraction of sp³-hybridized carbons (Fsp3) is 0.878. The second-order valence-corrected chi connectivity index (χ2v) is 19.6. The number of Topliss-reactive ketones (excluding diaryl/α,β-unsaturated/α-hetero) is 1. The van der Waals surface area contributed by atoms with Gasteiger partial charge in [-0.05, 0) is 123 Å². The van der Waals surface area contributed by atoms with Crippen molar-refractivity contribution in [2.24, 2.45) is 62.1 Å². The van der Waals surface area contributed by atoms with Gasteiger partial charge in [0, 0.05) is 23.8 Å². The Hall–Kier alpha value is -1.73. The molecule has 0 aromatic carbocycles. The van der Waals surface area contributed by atoms with Crippen LogP contribution in [0.1, 0.15) is 140 Å². The highest BCUT2D eigenvalue weighted by Gasteiger charge is 2.70. The summed E-state index contributed by atoms with van der Waals surface area (Å²) in [5.74, 6) is 0.696. The van der Waals surface area contributed by atoms with E-state index in [9.17, 15) is 24.6 Å². The van der Waals surface area contributed by atoms with Gasteiger partial charge in [0.15, 0.2) is 5.78 Å². The number of allylic oxidation sites excluding steroid dienone is 1. The van der Waals surface area contributed by atoms with E-state index >= 15 is 0 Å². The molecule has 9 atom stereocenters. The summed E-state index contributed by atoms with van der Waals surface area (Å²) >= 11 is 0. The van der Waals surface area contributed by atoms with Crippen molar-refractivity contribution in [1.29, 1.82) is 0 Å². The van der Waals surface area contributed by atoms with Gasteiger partial charge in [0.25, 0.3) is 0 Å². The number of ether oxygens (including phenoxy) is 1. The van der Waals surface area contributed by atoms with E-state index in [1.165, 1.54) is 5.57 Å². The minimum absolute atomic E-state index is 0.0223. The summed E-state index contributed by atoms with van der Waals surface area (Å²) in [5.41, 5.74) is 0.687. The Morgan fingerprint density at radius 3 is 2.17 bits per heavy atom. The maximum absolute atomic E-state index is 13.9. The van der Waals surface area contributed by atoms with Gasteiger partial charge >= 0.3 is 11.9 Å². The number of esters is 1. The lowest BCUT2D eigenvalue weighted by Gasteiger charge is -2.72. The SMILES string of the molecule is CC(C)CNC[C@@H](O)[C@@]12CC[C@]3(C)[C@H](CC[C@@H]4[C@@]5(C)CC[C@H](OC(=O)CC(C)(C)C(=O)O)C(C)(C)C5CC[C@]43C)C1=C(C(C)C)C(=O)C2. The number of aliphatic hydroxyl groups is 1. The molecule has 0 aromatic rings. The van der Waals surface area contributed by atoms with Gasteiger partial charge in [-0.15, -0.1) is 0 Å². The third-order valence-corrected chi connectivity index (χ3v) is 15.4. The number of fused-ring (bicyclic) bond motifs is 7. The number of aliphatic carboxylic acids is 1. The van der Waals surface area contributed by atoms with Gasteiger partial charge < -0.3 is 20.3 Å². The molecule has 48 heavy (non-hydrogen) atoms. The van der Waals surface area contributed by atoms with E-state index in [4.69, 9.17) is 4.74 Å². The number of ketones is 1. The molecule has 5 aliphatic rings. The number of carboxylic acid groups (broad SMARTS) is 1. The van der Waals surface area contributed by atoms with E-state index in [2.05, 4.69) is 67.6 Å². The molecular weight excluding hydrogens is 602 g/mol. The zero-order valence-corrected chi connectivity index (χ0v) is 32.1. The summed E-state index contributed by atoms with van der Waals surface area (Å²) in [6.45, 7) is 25.4. The zero-order chi connectivity index (χ0) is 35.8. The van der Waals surface area contributed by atoms with Gasteiger partial charge in [0.1, 0.15) is 6.10 Å². The van der Waals surface area contributed by atoms with Crippen LogP contribution in [0.2, 0.25) is 0 Å². The van der Waals surface area contributed by atoms with Crippen LogP contribution in [0.5, 0.6) is 0 Å². The van der Waals surface area contributed by atoms with E-state index in [0.717, 1.165) is 63.5 Å². The van der Waals surface area contributed by atoms with Crippen LogP contribution in [0, 0.1) is 62.1 Å². The molecule has 5 rings (SSSR count). The number of aliphatic hydroxyl groups excluding tert-OH is 1. The average molecular weight is 670 g/mol. The fourth-order valence-electron chi connectivity index (χ4n) is 12.6. The Labute approximate surface area is 290 Å². The molecule has 3 N–H and O–H groups in total. The topological polar surface area (TPSA) is 113 Å². The lowest BCUT2D eigenvalue weighted by Crippen LogP contribution is -2.66. The van der Waals surface area contributed by atoms with Crippen LogP contribution in [0.3, 0.4) is 0 Å². The summed E-state index contributed by atoms with van der Waals surface area (Å²) < 4.78 is 6.15. The van der Waals surface area contributed by atoms with Gasteiger partial charge in [-0.3, -0.25) is 14.4 Å². The second-order valence-electron chi connectivity index (χ2n) is 19.6. The van der Waals surface area contributed by atoms with E-state index in [0.29, 0.717) is 36.6 Å². The normalized spacial score (nSPS) is 39.8. The van der Waals surface area contributed by atoms with Crippen molar-refractivity contribution >= 4 is 17.7 Å². The van der Waals surface area contributed by atoms with Crippen molar-refractivity contribution in [2.45, 2.75) is 153 Å². The molecule has 0 saturated heterocycles. The molecule has 7 nitrogen and oxygen atoms in total. The monoisotopic (exact) mass is 669 g/mol. The van der Waals surface area contributed by atoms with Crippen molar-refractivity contribution < 1.29 is 29.3 Å². The molecule has 0 aliphatic heterocycles. The Morgan fingerprint density at radius 1 is 0.896 bits per heavy atom. The fourth-order valence-corrected chi connectivity index (χ4v) is 12.6. The number of nitrogens with one attached hydrogen (secondary N) is 1. The molecule has 272 valence electrons. The minimum atomic E-state index is -1.15. The number of rotatable bonds is 10. The lowest BCUT2D eigenvalue weighted by atomic mass is 9.33. The quantitative estimate of drug-likeness (QED) is 0.202. The largest absolute Gasteiger partial charge is 0.481 e. The number of carbonyl (C=O) groups excluding carboxylic acids is 2. The molecule has 0 aromatic heterocycles. The first kappa shape index (κ1) is 37.5. The highest BCUT2D eigenvalue weighted by Crippen LogP contribution is 2.77. The van der Waals surface area contributed by atoms with Crippen molar-refractivity contribution in [3.8, 4) is 0 Å². The average Bonchev–Trinajstić information content (AvgIpc) is 3.27. The highest BCUT2D eigenvalue weighted by atomic mass is 16.5. The molecule has 0 radical (unpaired) electrons. The standard InChI is InChI=1S/C41H67NO6/c1-24(2)22-42-23-30(44)41-19-18-39(10)26(34(41)33(25(3)4)27(43)20-41)12-13-29-38(9)16-15-31(48-32(45)21-36(5,6)35(46)47)37(7,8)28(38)14-17-40(29,39)11/h24-26,28-31,42,44H,12-23H2,1-11H3,(H,46,47)/t26-,28?,29-,30-,31+,38+,39-,40-,41+/m1/s1. The number of hydrogen-bond acceptors (Lipinski definition) is 6. The summed E-state index contributed by atoms with van der Waals surface area (Å²) in [6.07, 6.45) is 7.52. The number of carbonyl (C=O) groups is 3. The van der Waals surface area contributed by atoms with Gasteiger partial charge in [-0.2, -0.15) is 0 Å². The van der Waals surface area contributed by atoms with Gasteiger partial charge in [-0.1, -0.05) is 67.9 Å². The predicted molar refractivity (Wildman–Crippen MR) is 189 cm³/mol. The Bertz CT molecular complexity index is 1330. The molecular formula is C41H67NO6. The Balaban J connectivity index is 1.44. The summed E-state index contributed by atoms with van der Waals surface area (Å²) in [4.78, 5) is 38.6. The summed E-state index contributed by atoms with van der Waals surface area (Å²) in [7, 11) is 0. The maximum Gasteiger partial charge on any atom is 0.309 e. The van der Waals surface area contributed by atoms with Crippen LogP contribution in [-0.2, 0) is 19.1 Å². The Morgan fingerprint density at radius 2 is 1.56 bits per heavy atom. The first-order valence-electron chi connectivity index (χ1n) is 19.2. The van der Waals surface area contributed by atoms with Crippen LogP contribution in [0.15, 0.2) is 11.1 Å². The highest BCUT2D eigenvalue weighted by molar-refractivity contribution is 6.00. The molecule has 4 saturated carbocycles. The molecule has 1 unspecified atom stereocenters. The third-order valence-electron chi connectivity index (χ3n) is 15.4. The van der Waals surface area contributed by atoms with Crippen molar-refractivity contribution in [1.82, 2.24) is 5.32 Å². The van der Waals surface area contributed by atoms with Gasteiger partial charge in [0.05, 0.1) is 17.9 Å². The van der Waals surface area contributed by atoms with Crippen LogP contribution in [0.4, 0.5) is 0 Å². The molecule has 0 spiro atoms. The number of hydrogen-bond donors (Lipinski definition) is 3. The van der Waals surface area contributed by atoms with Gasteiger partial charge in [0.2, 0.25) is 0 Å². The molecule has 7 heteroatoms. The lowest BCUT2D eigenvalue weighted by molar-refractivity contribution is -0.235. The smallest absolute Gasteiger partial charge is 0.309 e. The van der Waals surface area contributed by atoms with Crippen LogP contribution in [-0.4, -0.2) is 53.2 Å². The molecule has 0 heterocycles. The first-order valence-corrected chi connectivity index (χ1v) is 19.2. The third kappa shape index (κ3) is 5.64. The second kappa shape index (κ2) is 12.5. The zero-order valence-electron chi connectivity index (χ0n) is 32.1. The van der Waals surface area contributed by atoms with E-state index < -0.39 is 28.9 Å². The van der Waals surface area contributed by atoms with Crippen molar-refractivity contribution in [3.05, 3.63) is 11.1 Å². The van der Waals surface area contributed by atoms with Gasteiger partial charge in [-0.25, -0.2) is 0 Å². The molecule has 0 amide bonds. The Kier molecular flexibility index (Phi) is 9.77. The van der Waals surface area contributed by atoms with E-state index in [1.54, 1.807) is 13.8 Å². The van der Waals surface area contributed by atoms with Crippen molar-refractivity contribution in [3.63, 3.8) is 0 Å². The first-order chi connectivity index (χ1) is 22.1. The molecule has 0 bridgehead atoms. The maximum atomic E-state index is 13.9. The summed E-state index contributed by atoms with van der Waals surface area (Å²) in [6, 6.07) is 0. The van der Waals surface area contributed by atoms with Crippen molar-refractivity contribution in [2.75, 3.05) is 13.1 Å². The van der Waals surface area contributed by atoms with Crippen LogP contribution >= 0.6 is 0 Å². The van der Waals surface area contributed by atoms with E-state index in [1.807, 2.05) is 0 Å². The minimum Gasteiger partial charge on any atom is -0.481 e. The van der Waals surface area contributed by atoms with Crippen LogP contribution < -0.4 is 5.32 Å². The summed E-state index contributed by atoms with van der Waals surface area (Å²) in [5, 5.41) is 25.0. The van der Waals surface area contributed by atoms with Crippen LogP contribution in [0.25, 0.3) is 0 Å². The van der Waals surface area contributed by atoms with E-state index in [-0.39, 0.29) is 45.9 Å². The predicted octanol–water partition coefficient (Wildman–Crippen LogP) is 7.99.